The molecule has 2 heterocycles. The van der Waals surface area contributed by atoms with E-state index in [1.54, 1.807) is 0 Å². The van der Waals surface area contributed by atoms with Gasteiger partial charge < -0.3 is 15.6 Å². The summed E-state index contributed by atoms with van der Waals surface area (Å²) in [5.74, 6) is 0.794. The first kappa shape index (κ1) is 12.2. The van der Waals surface area contributed by atoms with Crippen molar-refractivity contribution in [2.24, 2.45) is 11.7 Å². The summed E-state index contributed by atoms with van der Waals surface area (Å²) in [6.07, 6.45) is 6.72. The molecule has 0 amide bonds. The monoisotopic (exact) mass is 210 g/mol. The molecule has 1 unspecified atom stereocenters. The molecule has 1 aromatic rings. The van der Waals surface area contributed by atoms with E-state index in [0.29, 0.717) is 0 Å². The summed E-state index contributed by atoms with van der Waals surface area (Å²) in [6.45, 7) is 5.51. The fourth-order valence-corrected chi connectivity index (χ4v) is 1.95. The molecule has 4 nitrogen and oxygen atoms in total. The van der Waals surface area contributed by atoms with E-state index in [0.717, 1.165) is 24.7 Å². The highest BCUT2D eigenvalue weighted by molar-refractivity contribution is 4.92. The molecule has 15 heavy (non-hydrogen) atoms. The molecule has 1 aliphatic heterocycles. The van der Waals surface area contributed by atoms with Crippen molar-refractivity contribution in [3.63, 3.8) is 0 Å². The number of hydrogen-bond donors (Lipinski definition) is 2. The Morgan fingerprint density at radius 1 is 1.60 bits per heavy atom. The van der Waals surface area contributed by atoms with Gasteiger partial charge in [0.25, 0.3) is 0 Å². The minimum absolute atomic E-state index is 0.794. The van der Waals surface area contributed by atoms with E-state index < -0.39 is 0 Å². The van der Waals surface area contributed by atoms with Crippen molar-refractivity contribution in [3.05, 3.63) is 18.2 Å². The maximum Gasteiger partial charge on any atom is 0.0949 e. The zero-order valence-corrected chi connectivity index (χ0v) is 9.74. The summed E-state index contributed by atoms with van der Waals surface area (Å²) in [5, 5.41) is 3.43. The summed E-state index contributed by atoms with van der Waals surface area (Å²) in [4.78, 5) is 4.22. The van der Waals surface area contributed by atoms with Gasteiger partial charge in [0.1, 0.15) is 0 Å². The van der Waals surface area contributed by atoms with Crippen molar-refractivity contribution >= 4 is 0 Å². The lowest BCUT2D eigenvalue weighted by Gasteiger charge is -2.22. The van der Waals surface area contributed by atoms with Gasteiger partial charge in [0.05, 0.1) is 12.0 Å². The van der Waals surface area contributed by atoms with Gasteiger partial charge in [0, 0.05) is 12.7 Å². The van der Waals surface area contributed by atoms with Crippen molar-refractivity contribution in [2.75, 3.05) is 20.1 Å². The number of aromatic nitrogens is 2. The molecule has 0 aliphatic carbocycles. The highest BCUT2D eigenvalue weighted by atomic mass is 15.0. The molecule has 3 N–H and O–H groups in total. The van der Waals surface area contributed by atoms with Crippen LogP contribution in [-0.2, 0) is 6.54 Å². The predicted molar refractivity (Wildman–Crippen MR) is 62.7 cm³/mol. The Morgan fingerprint density at radius 2 is 2.40 bits per heavy atom. The maximum atomic E-state index is 4.50. The number of nitrogens with zero attached hydrogens (tertiary/aromatic N) is 2. The number of rotatable bonds is 2. The summed E-state index contributed by atoms with van der Waals surface area (Å²) < 4.78 is 2.20. The SMILES string of the molecule is CN.Cc1cn(CC2CCCNC2)cn1. The van der Waals surface area contributed by atoms with Crippen molar-refractivity contribution in [2.45, 2.75) is 26.3 Å². The smallest absolute Gasteiger partial charge is 0.0949 e. The van der Waals surface area contributed by atoms with Gasteiger partial charge in [-0.2, -0.15) is 0 Å². The maximum absolute atomic E-state index is 4.50. The summed E-state index contributed by atoms with van der Waals surface area (Å²) in [6, 6.07) is 0. The van der Waals surface area contributed by atoms with Crippen LogP contribution >= 0.6 is 0 Å². The van der Waals surface area contributed by atoms with Gasteiger partial charge in [0.15, 0.2) is 0 Å². The second-order valence-corrected chi connectivity index (χ2v) is 3.92. The zero-order chi connectivity index (χ0) is 11.1. The molecule has 1 fully saturated rings. The molecule has 1 aromatic heterocycles. The second kappa shape index (κ2) is 6.58. The minimum Gasteiger partial charge on any atom is -0.337 e. The molecule has 86 valence electrons. The van der Waals surface area contributed by atoms with E-state index in [2.05, 4.69) is 26.8 Å². The lowest BCUT2D eigenvalue weighted by Crippen LogP contribution is -2.31. The molecule has 0 bridgehead atoms. The van der Waals surface area contributed by atoms with Crippen molar-refractivity contribution in [1.82, 2.24) is 14.9 Å². The van der Waals surface area contributed by atoms with Gasteiger partial charge in [0.2, 0.25) is 0 Å². The fraction of sp³-hybridized carbons (Fsp3) is 0.727. The van der Waals surface area contributed by atoms with Gasteiger partial charge in [-0.1, -0.05) is 0 Å². The van der Waals surface area contributed by atoms with Crippen LogP contribution < -0.4 is 11.1 Å². The molecule has 1 aliphatic rings. The van der Waals surface area contributed by atoms with E-state index in [1.807, 2.05) is 13.3 Å². The standard InChI is InChI=1S/C10H17N3.CH5N/c1-9-6-13(8-12-9)7-10-3-2-4-11-5-10;1-2/h6,8,10-11H,2-5,7H2,1H3;2H2,1H3. The number of nitrogens with two attached hydrogens (primary N) is 1. The first-order chi connectivity index (χ1) is 7.34. The van der Waals surface area contributed by atoms with Gasteiger partial charge in [-0.15, -0.1) is 0 Å². The van der Waals surface area contributed by atoms with Crippen LogP contribution in [-0.4, -0.2) is 29.7 Å². The van der Waals surface area contributed by atoms with Crippen LogP contribution in [0.1, 0.15) is 18.5 Å². The molecule has 0 aromatic carbocycles. The largest absolute Gasteiger partial charge is 0.337 e. The molecule has 4 heteroatoms. The number of aryl methyl sites for hydroxylation is 1. The van der Waals surface area contributed by atoms with E-state index in [4.69, 9.17) is 0 Å². The Bertz CT molecular complexity index is 263. The van der Waals surface area contributed by atoms with Gasteiger partial charge in [-0.05, 0) is 45.8 Å². The van der Waals surface area contributed by atoms with E-state index in [9.17, 15) is 0 Å². The number of imidazole rings is 1. The Hall–Kier alpha value is -0.870. The van der Waals surface area contributed by atoms with Crippen LogP contribution in [0.25, 0.3) is 0 Å². The summed E-state index contributed by atoms with van der Waals surface area (Å²) in [5.41, 5.74) is 5.61. The number of piperidine rings is 1. The van der Waals surface area contributed by atoms with Gasteiger partial charge in [-0.25, -0.2) is 4.98 Å². The van der Waals surface area contributed by atoms with E-state index in [-0.39, 0.29) is 0 Å². The summed E-state index contributed by atoms with van der Waals surface area (Å²) >= 11 is 0. The minimum atomic E-state index is 0.794. The quantitative estimate of drug-likeness (QED) is 0.758. The van der Waals surface area contributed by atoms with Crippen LogP contribution in [0.15, 0.2) is 12.5 Å². The van der Waals surface area contributed by atoms with Crippen molar-refractivity contribution in [3.8, 4) is 0 Å². The van der Waals surface area contributed by atoms with E-state index >= 15 is 0 Å². The van der Waals surface area contributed by atoms with Crippen LogP contribution in [0.3, 0.4) is 0 Å². The Balaban J connectivity index is 0.000000531. The molecular weight excluding hydrogens is 188 g/mol. The molecule has 0 radical (unpaired) electrons. The molecular formula is C11H22N4. The predicted octanol–water partition coefficient (Wildman–Crippen LogP) is 0.766. The Kier molecular flexibility index (Phi) is 5.36. The van der Waals surface area contributed by atoms with E-state index in [1.165, 1.54) is 26.4 Å². The third-order valence-electron chi connectivity index (χ3n) is 2.63. The topological polar surface area (TPSA) is 55.9 Å². The van der Waals surface area contributed by atoms with Crippen LogP contribution in [0.2, 0.25) is 0 Å². The van der Waals surface area contributed by atoms with Crippen LogP contribution in [0.5, 0.6) is 0 Å². The molecule has 0 saturated carbocycles. The third-order valence-corrected chi connectivity index (χ3v) is 2.63. The molecule has 1 atom stereocenters. The first-order valence-corrected chi connectivity index (χ1v) is 5.61. The number of nitrogens with one attached hydrogen (secondary N) is 1. The lowest BCUT2D eigenvalue weighted by molar-refractivity contribution is 0.337. The van der Waals surface area contributed by atoms with Crippen LogP contribution in [0, 0.1) is 12.8 Å². The zero-order valence-electron chi connectivity index (χ0n) is 9.74. The molecule has 0 spiro atoms. The van der Waals surface area contributed by atoms with Crippen LogP contribution in [0.4, 0.5) is 0 Å². The lowest BCUT2D eigenvalue weighted by atomic mass is 10.00. The Morgan fingerprint density at radius 3 is 2.93 bits per heavy atom. The highest BCUT2D eigenvalue weighted by Crippen LogP contribution is 2.12. The normalized spacial score (nSPS) is 20.6. The summed E-state index contributed by atoms with van der Waals surface area (Å²) in [7, 11) is 1.50. The Labute approximate surface area is 91.9 Å². The molecule has 2 rings (SSSR count). The van der Waals surface area contributed by atoms with Gasteiger partial charge in [-0.3, -0.25) is 0 Å². The van der Waals surface area contributed by atoms with Crippen molar-refractivity contribution < 1.29 is 0 Å². The average Bonchev–Trinajstić information content (AvgIpc) is 2.68. The first-order valence-electron chi connectivity index (χ1n) is 5.61. The van der Waals surface area contributed by atoms with Crippen molar-refractivity contribution in [1.29, 1.82) is 0 Å². The average molecular weight is 210 g/mol. The molecule has 1 saturated heterocycles. The van der Waals surface area contributed by atoms with Gasteiger partial charge >= 0.3 is 0 Å². The number of hydrogen-bond acceptors (Lipinski definition) is 3. The highest BCUT2D eigenvalue weighted by Gasteiger charge is 2.12. The fourth-order valence-electron chi connectivity index (χ4n) is 1.95. The third kappa shape index (κ3) is 4.01. The second-order valence-electron chi connectivity index (χ2n) is 3.92.